The van der Waals surface area contributed by atoms with E-state index in [4.69, 9.17) is 0 Å². The number of rotatable bonds is 6. The molecule has 0 bridgehead atoms. The van der Waals surface area contributed by atoms with E-state index in [0.29, 0.717) is 0 Å². The minimum Gasteiger partial charge on any atom is -0.587 e. The monoisotopic (exact) mass is 431 g/mol. The first-order chi connectivity index (χ1) is 14.3. The summed E-state index contributed by atoms with van der Waals surface area (Å²) < 4.78 is 43.6. The van der Waals surface area contributed by atoms with Crippen molar-refractivity contribution >= 4 is 40.4 Å². The van der Waals surface area contributed by atoms with Crippen LogP contribution in [0.3, 0.4) is 0 Å². The number of nitrogens with zero attached hydrogens (tertiary/aromatic N) is 2. The van der Waals surface area contributed by atoms with Crippen molar-refractivity contribution in [1.82, 2.24) is 9.97 Å². The fourth-order valence-corrected chi connectivity index (χ4v) is 3.18. The zero-order chi connectivity index (χ0) is 21.7. The zero-order valence-corrected chi connectivity index (χ0v) is 16.3. The smallest absolute Gasteiger partial charge is 0.271 e. The lowest BCUT2D eigenvalue weighted by molar-refractivity contribution is -0.114. The molecule has 0 aliphatic heterocycles. The van der Waals surface area contributed by atoms with Gasteiger partial charge in [0, 0.05) is 19.2 Å². The standard InChI is InChI=1S/C19H15F2N5O3S/c1-11(27)24-15-8-5-12(10-23-15)25-19(28)17-13(20)6-7-14(18(17)21)26-30(29)16-4-2-3-9-22-16/h2-10,26H,1H3,(H,25,28)(H,23,24,27). The van der Waals surface area contributed by atoms with E-state index in [1.54, 1.807) is 12.1 Å². The van der Waals surface area contributed by atoms with Gasteiger partial charge < -0.3 is 15.2 Å². The summed E-state index contributed by atoms with van der Waals surface area (Å²) in [5.41, 5.74) is -1.03. The van der Waals surface area contributed by atoms with E-state index in [-0.39, 0.29) is 28.1 Å². The molecule has 2 amide bonds. The Morgan fingerprint density at radius 1 is 1.03 bits per heavy atom. The molecule has 2 aromatic heterocycles. The number of carbonyl (C=O) groups is 2. The average molecular weight is 431 g/mol. The van der Waals surface area contributed by atoms with Crippen molar-refractivity contribution in [2.75, 3.05) is 15.4 Å². The Morgan fingerprint density at radius 2 is 1.83 bits per heavy atom. The molecule has 0 spiro atoms. The highest BCUT2D eigenvalue weighted by Crippen LogP contribution is 2.24. The summed E-state index contributed by atoms with van der Waals surface area (Å²) >= 11 is -1.92. The molecule has 3 aromatic rings. The van der Waals surface area contributed by atoms with Crippen molar-refractivity contribution in [2.24, 2.45) is 0 Å². The molecule has 0 radical (unpaired) electrons. The summed E-state index contributed by atoms with van der Waals surface area (Å²) in [5.74, 6) is -3.44. The van der Waals surface area contributed by atoms with Gasteiger partial charge in [0.2, 0.25) is 5.91 Å². The summed E-state index contributed by atoms with van der Waals surface area (Å²) in [5, 5.41) is 4.91. The number of aromatic nitrogens is 2. The molecule has 0 aliphatic rings. The van der Waals surface area contributed by atoms with Gasteiger partial charge in [-0.05, 0) is 30.3 Å². The van der Waals surface area contributed by atoms with Crippen LogP contribution >= 0.6 is 0 Å². The van der Waals surface area contributed by atoms with Crippen molar-refractivity contribution in [3.05, 3.63) is 72.1 Å². The first-order valence-electron chi connectivity index (χ1n) is 8.47. The highest BCUT2D eigenvalue weighted by molar-refractivity contribution is 7.92. The van der Waals surface area contributed by atoms with Gasteiger partial charge in [-0.25, -0.2) is 18.7 Å². The zero-order valence-electron chi connectivity index (χ0n) is 15.5. The van der Waals surface area contributed by atoms with Crippen LogP contribution in [0.1, 0.15) is 17.3 Å². The van der Waals surface area contributed by atoms with Crippen molar-refractivity contribution in [3.63, 3.8) is 0 Å². The van der Waals surface area contributed by atoms with E-state index in [1.165, 1.54) is 37.5 Å². The van der Waals surface area contributed by atoms with Gasteiger partial charge in [-0.2, -0.15) is 4.72 Å². The number of carbonyl (C=O) groups excluding carboxylic acids is 2. The van der Waals surface area contributed by atoms with E-state index in [0.717, 1.165) is 12.1 Å². The molecule has 0 fully saturated rings. The summed E-state index contributed by atoms with van der Waals surface area (Å²) in [6.07, 6.45) is 2.64. The highest BCUT2D eigenvalue weighted by Gasteiger charge is 2.24. The van der Waals surface area contributed by atoms with Crippen LogP contribution in [0.5, 0.6) is 0 Å². The predicted octanol–water partition coefficient (Wildman–Crippen LogP) is 3.10. The van der Waals surface area contributed by atoms with Crippen LogP contribution in [0.2, 0.25) is 0 Å². The first kappa shape index (κ1) is 21.1. The van der Waals surface area contributed by atoms with Gasteiger partial charge in [-0.3, -0.25) is 9.59 Å². The number of hydrogen-bond donors (Lipinski definition) is 3. The van der Waals surface area contributed by atoms with Crippen molar-refractivity contribution in [2.45, 2.75) is 11.9 Å². The second-order valence-electron chi connectivity index (χ2n) is 5.89. The minimum atomic E-state index is -1.92. The first-order valence-corrected chi connectivity index (χ1v) is 9.62. The lowest BCUT2D eigenvalue weighted by atomic mass is 10.1. The molecular formula is C19H15F2N5O3S. The van der Waals surface area contributed by atoms with Crippen LogP contribution in [0.15, 0.2) is 59.9 Å². The molecule has 2 heterocycles. The Hall–Kier alpha value is -3.57. The fraction of sp³-hybridized carbons (Fsp3) is 0.0526. The molecule has 0 saturated heterocycles. The molecule has 3 rings (SSSR count). The number of nitrogens with one attached hydrogen (secondary N) is 3. The summed E-state index contributed by atoms with van der Waals surface area (Å²) in [4.78, 5) is 31.2. The largest absolute Gasteiger partial charge is 0.587 e. The molecular weight excluding hydrogens is 416 g/mol. The number of anilines is 3. The molecule has 0 aliphatic carbocycles. The maximum absolute atomic E-state index is 14.8. The molecule has 1 unspecified atom stereocenters. The van der Waals surface area contributed by atoms with Crippen molar-refractivity contribution in [1.29, 1.82) is 0 Å². The molecule has 154 valence electrons. The third kappa shape index (κ3) is 5.07. The Balaban J connectivity index is 1.79. The van der Waals surface area contributed by atoms with Gasteiger partial charge in [-0.1, -0.05) is 6.07 Å². The van der Waals surface area contributed by atoms with E-state index >= 15 is 0 Å². The SMILES string of the molecule is CC(=O)Nc1ccc(NC(=O)c2c(F)ccc(N[S+]([O-])c3ccccn3)c2F)cn1. The van der Waals surface area contributed by atoms with E-state index in [2.05, 4.69) is 25.3 Å². The van der Waals surface area contributed by atoms with Gasteiger partial charge in [0.1, 0.15) is 34.2 Å². The second-order valence-corrected chi connectivity index (χ2v) is 7.05. The topological polar surface area (TPSA) is 119 Å². The van der Waals surface area contributed by atoms with Gasteiger partial charge in [0.15, 0.2) is 5.82 Å². The van der Waals surface area contributed by atoms with Gasteiger partial charge in [0.25, 0.3) is 10.9 Å². The van der Waals surface area contributed by atoms with Crippen molar-refractivity contribution in [3.8, 4) is 0 Å². The molecule has 3 N–H and O–H groups in total. The van der Waals surface area contributed by atoms with Crippen LogP contribution in [0.25, 0.3) is 0 Å². The summed E-state index contributed by atoms with van der Waals surface area (Å²) in [6.45, 7) is 1.31. The molecule has 11 heteroatoms. The summed E-state index contributed by atoms with van der Waals surface area (Å²) in [7, 11) is 0. The molecule has 30 heavy (non-hydrogen) atoms. The maximum Gasteiger partial charge on any atom is 0.271 e. The van der Waals surface area contributed by atoms with Crippen LogP contribution in [-0.4, -0.2) is 26.3 Å². The lowest BCUT2D eigenvalue weighted by Crippen LogP contribution is -2.20. The van der Waals surface area contributed by atoms with Gasteiger partial charge in [-0.15, -0.1) is 0 Å². The van der Waals surface area contributed by atoms with E-state index in [9.17, 15) is 22.9 Å². The summed E-state index contributed by atoms with van der Waals surface area (Å²) in [6, 6.07) is 9.43. The maximum atomic E-state index is 14.8. The number of pyridine rings is 2. The second kappa shape index (κ2) is 9.29. The van der Waals surface area contributed by atoms with Gasteiger partial charge in [0.05, 0.1) is 11.9 Å². The number of benzene rings is 1. The number of amides is 2. The molecule has 1 aromatic carbocycles. The third-order valence-corrected chi connectivity index (χ3v) is 4.70. The van der Waals surface area contributed by atoms with Crippen LogP contribution in [0, 0.1) is 11.6 Å². The lowest BCUT2D eigenvalue weighted by Gasteiger charge is -2.13. The normalized spacial score (nSPS) is 11.5. The Kier molecular flexibility index (Phi) is 6.54. The van der Waals surface area contributed by atoms with Gasteiger partial charge >= 0.3 is 0 Å². The van der Waals surface area contributed by atoms with Crippen LogP contribution in [-0.2, 0) is 16.2 Å². The molecule has 0 saturated carbocycles. The Bertz CT molecular complexity index is 1070. The predicted molar refractivity (Wildman–Crippen MR) is 107 cm³/mol. The molecule has 1 atom stereocenters. The van der Waals surface area contributed by atoms with Crippen LogP contribution in [0.4, 0.5) is 26.0 Å². The number of halogens is 2. The Labute approximate surface area is 173 Å². The van der Waals surface area contributed by atoms with E-state index in [1.807, 2.05) is 0 Å². The quantitative estimate of drug-likeness (QED) is 0.516. The minimum absolute atomic E-state index is 0.137. The average Bonchev–Trinajstić information content (AvgIpc) is 2.72. The highest BCUT2D eigenvalue weighted by atomic mass is 32.2. The van der Waals surface area contributed by atoms with Crippen LogP contribution < -0.4 is 15.4 Å². The van der Waals surface area contributed by atoms with E-state index < -0.39 is 34.5 Å². The third-order valence-electron chi connectivity index (χ3n) is 3.67. The Morgan fingerprint density at radius 3 is 2.47 bits per heavy atom. The number of hydrogen-bond acceptors (Lipinski definition) is 6. The fourth-order valence-electron chi connectivity index (χ4n) is 2.36. The van der Waals surface area contributed by atoms with Crippen molar-refractivity contribution < 1.29 is 22.9 Å². The molecule has 8 nitrogen and oxygen atoms in total.